The van der Waals surface area contributed by atoms with Gasteiger partial charge in [0.1, 0.15) is 5.70 Å². The number of carbonyl (C=O) groups is 4. The summed E-state index contributed by atoms with van der Waals surface area (Å²) in [7, 11) is 0. The van der Waals surface area contributed by atoms with E-state index in [1.54, 1.807) is 12.3 Å². The van der Waals surface area contributed by atoms with Crippen LogP contribution >= 0.6 is 11.8 Å². The molecule has 0 radical (unpaired) electrons. The highest BCUT2D eigenvalue weighted by molar-refractivity contribution is 8.02. The summed E-state index contributed by atoms with van der Waals surface area (Å²) in [5.74, 6) is -3.19. The van der Waals surface area contributed by atoms with Crippen LogP contribution in [0.4, 0.5) is 0 Å². The minimum absolute atomic E-state index is 0.00620. The highest BCUT2D eigenvalue weighted by Gasteiger charge is 2.61. The van der Waals surface area contributed by atoms with Crippen LogP contribution in [0.5, 0.6) is 0 Å². The van der Waals surface area contributed by atoms with E-state index in [1.807, 2.05) is 12.1 Å². The average molecular weight is 461 g/mol. The van der Waals surface area contributed by atoms with E-state index in [1.165, 1.54) is 23.6 Å². The van der Waals surface area contributed by atoms with Crippen LogP contribution in [-0.2, 0) is 29.8 Å². The van der Waals surface area contributed by atoms with E-state index in [-0.39, 0.29) is 31.6 Å². The molecule has 0 aromatic carbocycles. The number of hydrogen-bond donors (Lipinski definition) is 2. The van der Waals surface area contributed by atoms with E-state index >= 15 is 0 Å². The summed E-state index contributed by atoms with van der Waals surface area (Å²) in [5.41, 5.74) is 0.668. The van der Waals surface area contributed by atoms with Crippen LogP contribution in [-0.4, -0.2) is 67.6 Å². The van der Waals surface area contributed by atoms with E-state index in [0.717, 1.165) is 10.8 Å². The second kappa shape index (κ2) is 9.00. The van der Waals surface area contributed by atoms with Crippen molar-refractivity contribution in [3.8, 4) is 0 Å². The predicted molar refractivity (Wildman–Crippen MR) is 111 cm³/mol. The van der Waals surface area contributed by atoms with Crippen LogP contribution in [0, 0.1) is 11.8 Å². The molecular formula is C21H23N3O7S. The summed E-state index contributed by atoms with van der Waals surface area (Å²) in [5, 5.41) is 20.8. The van der Waals surface area contributed by atoms with Gasteiger partial charge in [0.25, 0.3) is 11.8 Å². The molecular weight excluding hydrogens is 438 g/mol. The van der Waals surface area contributed by atoms with E-state index < -0.39 is 47.7 Å². The smallest absolute Gasteiger partial charge is 0.353 e. The van der Waals surface area contributed by atoms with Crippen LogP contribution in [0.3, 0.4) is 0 Å². The normalized spacial score (nSPS) is 25.9. The molecule has 11 heteroatoms. The summed E-state index contributed by atoms with van der Waals surface area (Å²) < 4.78 is 0. The second-order valence-corrected chi connectivity index (χ2v) is 8.92. The van der Waals surface area contributed by atoms with Gasteiger partial charge in [0.2, 0.25) is 5.91 Å². The zero-order chi connectivity index (χ0) is 23.0. The van der Waals surface area contributed by atoms with Gasteiger partial charge in [0, 0.05) is 35.6 Å². The molecule has 0 saturated carbocycles. The Morgan fingerprint density at radius 3 is 2.59 bits per heavy atom. The minimum Gasteiger partial charge on any atom is -0.477 e. The number of hydrogen-bond acceptors (Lipinski definition) is 8. The number of β-lactam (4-membered cyclic amide) rings is 1. The number of carboxylic acid groups (broad SMARTS) is 1. The summed E-state index contributed by atoms with van der Waals surface area (Å²) in [4.78, 5) is 59.7. The van der Waals surface area contributed by atoms with Crippen LogP contribution in [0.25, 0.3) is 0 Å². The molecule has 1 aromatic heterocycles. The molecule has 4 heterocycles. The van der Waals surface area contributed by atoms with E-state index in [0.29, 0.717) is 10.7 Å². The van der Waals surface area contributed by atoms with Gasteiger partial charge >= 0.3 is 5.97 Å². The Hall–Kier alpha value is -2.76. The zero-order valence-electron chi connectivity index (χ0n) is 17.3. The first-order valence-corrected chi connectivity index (χ1v) is 11.3. The number of hydroxylamine groups is 2. The molecule has 2 N–H and O–H groups in total. The fraction of sp³-hybridized carbons (Fsp3) is 0.476. The standard InChI is InChI=1S/C21H23N3O7S/c1-11(25)16-17-13(7-9-31-24-14(26)5-6-15(24)27)19(18(21(29)30)23(17)20(16)28)32-10-12-4-2-3-8-22-12/h2-4,8,11,13,16-17,25H,5-7,9-10H2,1H3,(H,29,30)/t11-,13-,16-,17-/m1/s1. The number of carbonyl (C=O) groups excluding carboxylic acids is 3. The van der Waals surface area contributed by atoms with Crippen molar-refractivity contribution in [2.24, 2.45) is 11.8 Å². The number of pyridine rings is 1. The molecule has 0 bridgehead atoms. The third-order valence-electron chi connectivity index (χ3n) is 5.89. The van der Waals surface area contributed by atoms with Crippen molar-refractivity contribution in [1.82, 2.24) is 14.9 Å². The van der Waals surface area contributed by atoms with Gasteiger partial charge in [-0.25, -0.2) is 4.79 Å². The molecule has 1 aromatic rings. The van der Waals surface area contributed by atoms with Crippen molar-refractivity contribution in [2.75, 3.05) is 6.61 Å². The number of aliphatic hydroxyl groups is 1. The number of thioether (sulfide) groups is 1. The lowest BCUT2D eigenvalue weighted by molar-refractivity contribution is -0.189. The number of aromatic nitrogens is 1. The summed E-state index contributed by atoms with van der Waals surface area (Å²) in [6.07, 6.45) is 1.18. The Bertz CT molecular complexity index is 965. The molecule has 3 amide bonds. The Morgan fingerprint density at radius 1 is 1.28 bits per heavy atom. The Labute approximate surface area is 188 Å². The molecule has 3 aliphatic rings. The monoisotopic (exact) mass is 461 g/mol. The van der Waals surface area contributed by atoms with Gasteiger partial charge in [-0.05, 0) is 25.5 Å². The lowest BCUT2D eigenvalue weighted by Gasteiger charge is -2.47. The first-order valence-electron chi connectivity index (χ1n) is 10.3. The Balaban J connectivity index is 1.56. The highest BCUT2D eigenvalue weighted by atomic mass is 32.2. The van der Waals surface area contributed by atoms with Crippen LogP contribution in [0.1, 0.15) is 31.9 Å². The second-order valence-electron chi connectivity index (χ2n) is 7.90. The highest BCUT2D eigenvalue weighted by Crippen LogP contribution is 2.52. The lowest BCUT2D eigenvalue weighted by Crippen LogP contribution is -2.64. The van der Waals surface area contributed by atoms with Gasteiger partial charge in [-0.1, -0.05) is 6.07 Å². The van der Waals surface area contributed by atoms with Crippen molar-refractivity contribution < 1.29 is 34.2 Å². The number of nitrogens with zero attached hydrogens (tertiary/aromatic N) is 3. The minimum atomic E-state index is -1.22. The molecule has 0 unspecified atom stereocenters. The topological polar surface area (TPSA) is 137 Å². The molecule has 2 saturated heterocycles. The third kappa shape index (κ3) is 3.91. The molecule has 170 valence electrons. The first-order chi connectivity index (χ1) is 15.3. The maximum atomic E-state index is 12.7. The van der Waals surface area contributed by atoms with Gasteiger partial charge in [-0.2, -0.15) is 5.06 Å². The zero-order valence-corrected chi connectivity index (χ0v) is 18.2. The summed E-state index contributed by atoms with van der Waals surface area (Å²) >= 11 is 1.29. The summed E-state index contributed by atoms with van der Waals surface area (Å²) in [6, 6.07) is 4.92. The Kier molecular flexibility index (Phi) is 6.31. The Morgan fingerprint density at radius 2 is 2.00 bits per heavy atom. The van der Waals surface area contributed by atoms with Crippen LogP contribution in [0.15, 0.2) is 35.0 Å². The van der Waals surface area contributed by atoms with Crippen molar-refractivity contribution in [3.63, 3.8) is 0 Å². The fourth-order valence-electron chi connectivity index (χ4n) is 4.45. The first kappa shape index (κ1) is 22.4. The van der Waals surface area contributed by atoms with Gasteiger partial charge in [-0.15, -0.1) is 11.8 Å². The number of imide groups is 1. The van der Waals surface area contributed by atoms with Crippen LogP contribution in [0.2, 0.25) is 0 Å². The van der Waals surface area contributed by atoms with Crippen molar-refractivity contribution >= 4 is 35.5 Å². The number of rotatable bonds is 9. The predicted octanol–water partition coefficient (Wildman–Crippen LogP) is 0.919. The van der Waals surface area contributed by atoms with Crippen LogP contribution < -0.4 is 0 Å². The number of amides is 3. The summed E-state index contributed by atoms with van der Waals surface area (Å²) in [6.45, 7) is 1.50. The number of carboxylic acids is 1. The van der Waals surface area contributed by atoms with Gasteiger partial charge in [0.05, 0.1) is 30.4 Å². The van der Waals surface area contributed by atoms with Gasteiger partial charge in [-0.3, -0.25) is 24.2 Å². The maximum Gasteiger partial charge on any atom is 0.353 e. The molecule has 2 fully saturated rings. The number of aliphatic carboxylic acids is 1. The molecule has 4 rings (SSSR count). The molecule has 0 aliphatic carbocycles. The van der Waals surface area contributed by atoms with E-state index in [4.69, 9.17) is 4.84 Å². The molecule has 3 aliphatic heterocycles. The van der Waals surface area contributed by atoms with Gasteiger partial charge in [0.15, 0.2) is 0 Å². The molecule has 32 heavy (non-hydrogen) atoms. The van der Waals surface area contributed by atoms with Crippen molar-refractivity contribution in [1.29, 1.82) is 0 Å². The number of fused-ring (bicyclic) bond motifs is 1. The van der Waals surface area contributed by atoms with E-state index in [2.05, 4.69) is 4.98 Å². The average Bonchev–Trinajstić information content (AvgIpc) is 3.21. The largest absolute Gasteiger partial charge is 0.477 e. The lowest BCUT2D eigenvalue weighted by atomic mass is 9.77. The van der Waals surface area contributed by atoms with Gasteiger partial charge < -0.3 is 15.1 Å². The van der Waals surface area contributed by atoms with Crippen molar-refractivity contribution in [2.45, 2.75) is 44.1 Å². The quantitative estimate of drug-likeness (QED) is 0.406. The number of aliphatic hydroxyl groups excluding tert-OH is 1. The third-order valence-corrected chi connectivity index (χ3v) is 7.14. The fourth-order valence-corrected chi connectivity index (χ4v) is 5.72. The molecule has 0 spiro atoms. The molecule has 10 nitrogen and oxygen atoms in total. The molecule has 4 atom stereocenters. The maximum absolute atomic E-state index is 12.7. The van der Waals surface area contributed by atoms with E-state index in [9.17, 15) is 29.4 Å². The van der Waals surface area contributed by atoms with Crippen molar-refractivity contribution in [3.05, 3.63) is 40.7 Å². The SMILES string of the molecule is C[C@@H](O)[C@H]1C(=O)N2C(C(=O)O)=C(SCc3ccccn3)[C@H](CCON3C(=O)CCC3=O)[C@H]12.